The lowest BCUT2D eigenvalue weighted by Crippen LogP contribution is -2.34. The van der Waals surface area contributed by atoms with Crippen molar-refractivity contribution in [2.24, 2.45) is 11.3 Å². The standard InChI is InChI=1S/C32H30F4N2O3/c1-19(32(34,35)36)28(29(40)37-24-6-3-5-22(15-24)16-31(13-14-31)20(2)39)23-11-9-21(10-12-23)17-38-18-26-25(30(38)41)7-4-8-27(26)33/h3-12,15,19,28,39H,2,13-14,16-18H2,1H3,(H,37,40)/t19-,28+/m0/s1. The average Bonchev–Trinajstić information content (AvgIpc) is 3.63. The normalized spacial score (nSPS) is 17.1. The number of carbonyl (C=O) groups is 2. The van der Waals surface area contributed by atoms with E-state index < -0.39 is 29.7 Å². The minimum Gasteiger partial charge on any atom is -0.512 e. The van der Waals surface area contributed by atoms with E-state index in [2.05, 4.69) is 11.9 Å². The number of nitrogens with zero attached hydrogens (tertiary/aromatic N) is 1. The van der Waals surface area contributed by atoms with Crippen LogP contribution in [-0.2, 0) is 24.3 Å². The third-order valence-corrected chi connectivity index (χ3v) is 8.20. The Morgan fingerprint density at radius 1 is 1.07 bits per heavy atom. The fraction of sp³-hybridized carbons (Fsp3) is 0.312. The molecule has 1 fully saturated rings. The van der Waals surface area contributed by atoms with Gasteiger partial charge >= 0.3 is 6.18 Å². The molecule has 1 heterocycles. The van der Waals surface area contributed by atoms with Crippen LogP contribution in [0, 0.1) is 17.2 Å². The summed E-state index contributed by atoms with van der Waals surface area (Å²) in [6.07, 6.45) is -2.50. The van der Waals surface area contributed by atoms with Gasteiger partial charge in [-0.2, -0.15) is 13.2 Å². The molecule has 3 aromatic rings. The second-order valence-electron chi connectivity index (χ2n) is 11.1. The van der Waals surface area contributed by atoms with Crippen LogP contribution in [-0.4, -0.2) is 28.0 Å². The van der Waals surface area contributed by atoms with Crippen LogP contribution in [0.25, 0.3) is 0 Å². The van der Waals surface area contributed by atoms with Gasteiger partial charge in [0.15, 0.2) is 0 Å². The first-order valence-corrected chi connectivity index (χ1v) is 13.4. The van der Waals surface area contributed by atoms with Gasteiger partial charge in [-0.25, -0.2) is 4.39 Å². The highest BCUT2D eigenvalue weighted by Gasteiger charge is 2.46. The van der Waals surface area contributed by atoms with E-state index in [1.165, 1.54) is 29.2 Å². The van der Waals surface area contributed by atoms with Crippen LogP contribution in [0.4, 0.5) is 23.2 Å². The van der Waals surface area contributed by atoms with Gasteiger partial charge in [0.1, 0.15) is 5.82 Å². The van der Waals surface area contributed by atoms with E-state index in [4.69, 9.17) is 0 Å². The second kappa shape index (κ2) is 10.7. The zero-order chi connectivity index (χ0) is 29.5. The summed E-state index contributed by atoms with van der Waals surface area (Å²) in [5, 5.41) is 12.6. The highest BCUT2D eigenvalue weighted by atomic mass is 19.4. The molecule has 2 amide bonds. The number of alkyl halides is 3. The molecule has 0 spiro atoms. The molecule has 3 aromatic carbocycles. The smallest absolute Gasteiger partial charge is 0.392 e. The Morgan fingerprint density at radius 3 is 2.37 bits per heavy atom. The number of hydrogen-bond acceptors (Lipinski definition) is 3. The fourth-order valence-corrected chi connectivity index (χ4v) is 5.48. The highest BCUT2D eigenvalue weighted by Crippen LogP contribution is 2.52. The monoisotopic (exact) mass is 566 g/mol. The quantitative estimate of drug-likeness (QED) is 0.211. The Kier molecular flexibility index (Phi) is 7.40. The maximum absolute atomic E-state index is 14.1. The van der Waals surface area contributed by atoms with E-state index >= 15 is 0 Å². The largest absolute Gasteiger partial charge is 0.512 e. The molecule has 1 saturated carbocycles. The van der Waals surface area contributed by atoms with Gasteiger partial charge in [0.2, 0.25) is 5.91 Å². The van der Waals surface area contributed by atoms with Crippen LogP contribution in [0.15, 0.2) is 79.1 Å². The number of carbonyl (C=O) groups excluding carboxylic acids is 2. The topological polar surface area (TPSA) is 69.6 Å². The molecular formula is C32H30F4N2O3. The lowest BCUT2D eigenvalue weighted by molar-refractivity contribution is -0.178. The number of aliphatic hydroxyl groups excluding tert-OH is 1. The van der Waals surface area contributed by atoms with Gasteiger partial charge in [-0.15, -0.1) is 0 Å². The summed E-state index contributed by atoms with van der Waals surface area (Å²) in [5.41, 5.74) is 2.26. The number of aliphatic hydroxyl groups is 1. The molecule has 1 aliphatic heterocycles. The van der Waals surface area contributed by atoms with Gasteiger partial charge in [-0.1, -0.05) is 56.0 Å². The molecular weight excluding hydrogens is 536 g/mol. The number of nitrogens with one attached hydrogen (secondary N) is 1. The second-order valence-corrected chi connectivity index (χ2v) is 11.1. The first-order valence-electron chi connectivity index (χ1n) is 13.4. The Balaban J connectivity index is 1.33. The average molecular weight is 567 g/mol. The predicted molar refractivity (Wildman–Crippen MR) is 147 cm³/mol. The molecule has 2 aliphatic rings. The van der Waals surface area contributed by atoms with E-state index in [0.717, 1.165) is 25.3 Å². The molecule has 0 unspecified atom stereocenters. The zero-order valence-electron chi connectivity index (χ0n) is 22.5. The third kappa shape index (κ3) is 5.85. The van der Waals surface area contributed by atoms with Gasteiger partial charge in [-0.3, -0.25) is 9.59 Å². The third-order valence-electron chi connectivity index (χ3n) is 8.20. The van der Waals surface area contributed by atoms with Crippen molar-refractivity contribution in [2.45, 2.75) is 51.4 Å². The Morgan fingerprint density at radius 2 is 1.76 bits per heavy atom. The van der Waals surface area contributed by atoms with Crippen molar-refractivity contribution in [2.75, 3.05) is 5.32 Å². The van der Waals surface area contributed by atoms with Crippen LogP contribution in [0.3, 0.4) is 0 Å². The van der Waals surface area contributed by atoms with E-state index in [1.54, 1.807) is 36.4 Å². The van der Waals surface area contributed by atoms with Crippen LogP contribution < -0.4 is 5.32 Å². The minimum atomic E-state index is -4.62. The summed E-state index contributed by atoms with van der Waals surface area (Å²) in [7, 11) is 0. The number of allylic oxidation sites excluding steroid dienone is 1. The van der Waals surface area contributed by atoms with Crippen molar-refractivity contribution in [1.82, 2.24) is 4.90 Å². The maximum Gasteiger partial charge on any atom is 0.392 e. The van der Waals surface area contributed by atoms with Crippen molar-refractivity contribution in [3.05, 3.63) is 113 Å². The maximum atomic E-state index is 14.1. The summed E-state index contributed by atoms with van der Waals surface area (Å²) in [4.78, 5) is 27.5. The highest BCUT2D eigenvalue weighted by molar-refractivity contribution is 5.98. The molecule has 41 heavy (non-hydrogen) atoms. The van der Waals surface area contributed by atoms with Gasteiger partial charge in [-0.05, 0) is 60.2 Å². The summed E-state index contributed by atoms with van der Waals surface area (Å²) in [5.74, 6) is -4.95. The molecule has 1 aliphatic carbocycles. The molecule has 2 atom stereocenters. The van der Waals surface area contributed by atoms with Gasteiger partial charge in [0, 0.05) is 28.8 Å². The lowest BCUT2D eigenvalue weighted by atomic mass is 9.85. The Labute approximate surface area is 235 Å². The van der Waals surface area contributed by atoms with Crippen molar-refractivity contribution in [3.63, 3.8) is 0 Å². The first kappa shape index (κ1) is 28.4. The van der Waals surface area contributed by atoms with Crippen LogP contribution in [0.5, 0.6) is 0 Å². The number of benzene rings is 3. The van der Waals surface area contributed by atoms with E-state index in [9.17, 15) is 32.3 Å². The summed E-state index contributed by atoms with van der Waals surface area (Å²) >= 11 is 0. The molecule has 5 rings (SSSR count). The first-order chi connectivity index (χ1) is 19.4. The van der Waals surface area contributed by atoms with Crippen molar-refractivity contribution in [1.29, 1.82) is 0 Å². The van der Waals surface area contributed by atoms with E-state index in [0.29, 0.717) is 28.8 Å². The predicted octanol–water partition coefficient (Wildman–Crippen LogP) is 7.30. The van der Waals surface area contributed by atoms with Gasteiger partial charge in [0.25, 0.3) is 5.91 Å². The van der Waals surface area contributed by atoms with Crippen molar-refractivity contribution in [3.8, 4) is 0 Å². The molecule has 0 radical (unpaired) electrons. The molecule has 214 valence electrons. The molecule has 0 bridgehead atoms. The molecule has 2 N–H and O–H groups in total. The molecule has 0 aromatic heterocycles. The fourth-order valence-electron chi connectivity index (χ4n) is 5.48. The van der Waals surface area contributed by atoms with Crippen molar-refractivity contribution < 1.29 is 32.3 Å². The van der Waals surface area contributed by atoms with Crippen LogP contribution >= 0.6 is 0 Å². The van der Waals surface area contributed by atoms with Gasteiger partial charge < -0.3 is 15.3 Å². The number of fused-ring (bicyclic) bond motifs is 1. The summed E-state index contributed by atoms with van der Waals surface area (Å²) in [6, 6.07) is 17.3. The molecule has 5 nitrogen and oxygen atoms in total. The van der Waals surface area contributed by atoms with Gasteiger partial charge in [0.05, 0.1) is 24.1 Å². The number of halogens is 4. The minimum absolute atomic E-state index is 0.103. The number of hydrogen-bond donors (Lipinski definition) is 2. The number of amides is 2. The van der Waals surface area contributed by atoms with E-state index in [1.807, 2.05) is 6.07 Å². The Hall–Kier alpha value is -4.14. The summed E-state index contributed by atoms with van der Waals surface area (Å²) < 4.78 is 55.8. The molecule has 9 heteroatoms. The summed E-state index contributed by atoms with van der Waals surface area (Å²) in [6.45, 7) is 4.88. The molecule has 0 saturated heterocycles. The Bertz CT molecular complexity index is 1500. The van der Waals surface area contributed by atoms with E-state index in [-0.39, 0.29) is 35.7 Å². The van der Waals surface area contributed by atoms with Crippen LogP contribution in [0.2, 0.25) is 0 Å². The SMILES string of the molecule is C=C(O)C1(Cc2cccc(NC(=O)[C@@H](c3ccc(CN4Cc5c(F)cccc5C4=O)cc3)[C@H](C)C(F)(F)F)c2)CC1. The number of anilines is 1. The number of rotatable bonds is 9. The van der Waals surface area contributed by atoms with Crippen molar-refractivity contribution >= 4 is 17.5 Å². The zero-order valence-corrected chi connectivity index (χ0v) is 22.5. The lowest BCUT2D eigenvalue weighted by Gasteiger charge is -2.26. The van der Waals surface area contributed by atoms with Crippen LogP contribution in [0.1, 0.15) is 58.3 Å².